The van der Waals surface area contributed by atoms with E-state index in [-0.39, 0.29) is 6.54 Å². The fourth-order valence-electron chi connectivity index (χ4n) is 2.76. The number of rotatable bonds is 5. The summed E-state index contributed by atoms with van der Waals surface area (Å²) in [6.45, 7) is 0.518. The van der Waals surface area contributed by atoms with Crippen LogP contribution >= 0.6 is 0 Å². The first-order valence-corrected chi connectivity index (χ1v) is 7.97. The van der Waals surface area contributed by atoms with Crippen LogP contribution < -0.4 is 10.5 Å². The third-order valence-corrected chi connectivity index (χ3v) is 5.55. The predicted molar refractivity (Wildman–Crippen MR) is 70.2 cm³/mol. The molecule has 120 valence electrons. The Bertz CT molecular complexity index is 427. The lowest BCUT2D eigenvalue weighted by Gasteiger charge is -2.44. The second kappa shape index (κ2) is 6.17. The summed E-state index contributed by atoms with van der Waals surface area (Å²) in [5, 5.41) is 0. The highest BCUT2D eigenvalue weighted by Gasteiger charge is 2.43. The minimum Gasteiger partial charge on any atom is -0.329 e. The van der Waals surface area contributed by atoms with Gasteiger partial charge in [0.1, 0.15) is 6.54 Å². The fourth-order valence-corrected chi connectivity index (χ4v) is 4.05. The Kier molecular flexibility index (Phi) is 5.45. The van der Waals surface area contributed by atoms with Crippen LogP contribution in [0.4, 0.5) is 13.2 Å². The standard InChI is InChI=1S/C11H22F3N3O2S/c1-9-4-3-5-10(6-9,7-15)17(2)20(18,19)16-8-11(12,13)14/h9,16H,3-8,15H2,1-2H3. The van der Waals surface area contributed by atoms with Crippen molar-refractivity contribution in [1.29, 1.82) is 0 Å². The third-order valence-electron chi connectivity index (χ3n) is 3.93. The number of nitrogens with zero attached hydrogens (tertiary/aromatic N) is 1. The lowest BCUT2D eigenvalue weighted by atomic mass is 9.76. The lowest BCUT2D eigenvalue weighted by molar-refractivity contribution is -0.121. The van der Waals surface area contributed by atoms with E-state index in [9.17, 15) is 21.6 Å². The van der Waals surface area contributed by atoms with Gasteiger partial charge < -0.3 is 5.73 Å². The molecule has 1 rings (SSSR count). The number of likely N-dealkylation sites (N-methyl/N-ethyl adjacent to an activating group) is 1. The average Bonchev–Trinajstić information content (AvgIpc) is 2.34. The molecule has 2 atom stereocenters. The Morgan fingerprint density at radius 3 is 2.50 bits per heavy atom. The summed E-state index contributed by atoms with van der Waals surface area (Å²) < 4.78 is 63.1. The number of nitrogens with one attached hydrogen (secondary N) is 1. The molecule has 0 amide bonds. The minimum absolute atomic E-state index is 0.0980. The third kappa shape index (κ3) is 4.31. The van der Waals surface area contributed by atoms with Gasteiger partial charge in [0.25, 0.3) is 10.2 Å². The quantitative estimate of drug-likeness (QED) is 0.800. The molecule has 1 aliphatic carbocycles. The van der Waals surface area contributed by atoms with Gasteiger partial charge in [0, 0.05) is 19.1 Å². The van der Waals surface area contributed by atoms with Crippen molar-refractivity contribution >= 4 is 10.2 Å². The van der Waals surface area contributed by atoms with Crippen LogP contribution in [0.1, 0.15) is 32.6 Å². The van der Waals surface area contributed by atoms with E-state index in [0.717, 1.165) is 17.1 Å². The van der Waals surface area contributed by atoms with Crippen LogP contribution in [0.5, 0.6) is 0 Å². The number of halogens is 3. The molecule has 5 nitrogen and oxygen atoms in total. The Labute approximate surface area is 117 Å². The van der Waals surface area contributed by atoms with Crippen LogP contribution in [-0.2, 0) is 10.2 Å². The predicted octanol–water partition coefficient (Wildman–Crippen LogP) is 1.22. The number of hydrogen-bond acceptors (Lipinski definition) is 3. The summed E-state index contributed by atoms with van der Waals surface area (Å²) in [4.78, 5) is 0. The first-order valence-electron chi connectivity index (χ1n) is 6.53. The molecular formula is C11H22F3N3O2S. The van der Waals surface area contributed by atoms with Gasteiger partial charge in [-0.2, -0.15) is 30.6 Å². The minimum atomic E-state index is -4.58. The van der Waals surface area contributed by atoms with Crippen molar-refractivity contribution in [1.82, 2.24) is 9.03 Å². The van der Waals surface area contributed by atoms with Crippen molar-refractivity contribution in [3.63, 3.8) is 0 Å². The van der Waals surface area contributed by atoms with E-state index in [1.807, 2.05) is 6.92 Å². The van der Waals surface area contributed by atoms with Gasteiger partial charge in [-0.15, -0.1) is 0 Å². The lowest BCUT2D eigenvalue weighted by Crippen LogP contribution is -2.59. The van der Waals surface area contributed by atoms with Crippen molar-refractivity contribution in [3.8, 4) is 0 Å². The van der Waals surface area contributed by atoms with Crippen LogP contribution in [-0.4, -0.2) is 44.6 Å². The van der Waals surface area contributed by atoms with Crippen LogP contribution in [0, 0.1) is 5.92 Å². The molecule has 9 heteroatoms. The summed E-state index contributed by atoms with van der Waals surface area (Å²) in [5.41, 5.74) is 4.93. The second-order valence-electron chi connectivity index (χ2n) is 5.54. The van der Waals surface area contributed by atoms with Crippen molar-refractivity contribution in [2.45, 2.75) is 44.3 Å². The molecule has 0 aromatic carbocycles. The topological polar surface area (TPSA) is 75.4 Å². The van der Waals surface area contributed by atoms with Gasteiger partial charge in [-0.3, -0.25) is 0 Å². The summed E-state index contributed by atoms with van der Waals surface area (Å²) in [7, 11) is -2.91. The fraction of sp³-hybridized carbons (Fsp3) is 1.00. The van der Waals surface area contributed by atoms with Gasteiger partial charge in [-0.25, -0.2) is 0 Å². The highest BCUT2D eigenvalue weighted by molar-refractivity contribution is 7.87. The van der Waals surface area contributed by atoms with E-state index >= 15 is 0 Å². The molecule has 20 heavy (non-hydrogen) atoms. The molecule has 0 radical (unpaired) electrons. The van der Waals surface area contributed by atoms with Gasteiger partial charge >= 0.3 is 6.18 Å². The number of hydrogen-bond donors (Lipinski definition) is 2. The highest BCUT2D eigenvalue weighted by atomic mass is 32.2. The van der Waals surface area contributed by atoms with Gasteiger partial charge in [-0.05, 0) is 18.8 Å². The summed E-state index contributed by atoms with van der Waals surface area (Å²) in [6.07, 6.45) is -1.66. The Morgan fingerprint density at radius 2 is 2.05 bits per heavy atom. The number of alkyl halides is 3. The molecule has 1 aliphatic rings. The molecular weight excluding hydrogens is 295 g/mol. The van der Waals surface area contributed by atoms with Crippen molar-refractivity contribution in [2.75, 3.05) is 20.1 Å². The zero-order chi connectivity index (χ0) is 15.6. The molecule has 0 aromatic rings. The van der Waals surface area contributed by atoms with Gasteiger partial charge in [0.05, 0.1) is 0 Å². The van der Waals surface area contributed by atoms with Crippen LogP contribution in [0.15, 0.2) is 0 Å². The maximum atomic E-state index is 12.2. The molecule has 1 saturated carbocycles. The van der Waals surface area contributed by atoms with E-state index in [0.29, 0.717) is 18.8 Å². The molecule has 0 saturated heterocycles. The maximum absolute atomic E-state index is 12.2. The summed E-state index contributed by atoms with van der Waals surface area (Å²) in [5.74, 6) is 0.299. The van der Waals surface area contributed by atoms with Gasteiger partial charge in [-0.1, -0.05) is 19.8 Å². The van der Waals surface area contributed by atoms with E-state index in [4.69, 9.17) is 5.73 Å². The molecule has 2 unspecified atom stereocenters. The number of nitrogens with two attached hydrogens (primary N) is 1. The van der Waals surface area contributed by atoms with E-state index in [2.05, 4.69) is 0 Å². The van der Waals surface area contributed by atoms with Crippen LogP contribution in [0.3, 0.4) is 0 Å². The highest BCUT2D eigenvalue weighted by Crippen LogP contribution is 2.36. The van der Waals surface area contributed by atoms with Crippen LogP contribution in [0.2, 0.25) is 0 Å². The van der Waals surface area contributed by atoms with E-state index < -0.39 is 28.5 Å². The van der Waals surface area contributed by atoms with Gasteiger partial charge in [0.15, 0.2) is 0 Å². The normalized spacial score (nSPS) is 28.9. The van der Waals surface area contributed by atoms with E-state index in [1.165, 1.54) is 7.05 Å². The Morgan fingerprint density at radius 1 is 1.45 bits per heavy atom. The molecule has 0 spiro atoms. The summed E-state index contributed by atoms with van der Waals surface area (Å²) >= 11 is 0. The largest absolute Gasteiger partial charge is 0.402 e. The zero-order valence-electron chi connectivity index (χ0n) is 11.7. The maximum Gasteiger partial charge on any atom is 0.402 e. The van der Waals surface area contributed by atoms with Crippen LogP contribution in [0.25, 0.3) is 0 Å². The first kappa shape index (κ1) is 17.7. The molecule has 0 heterocycles. The molecule has 0 aliphatic heterocycles. The Balaban J connectivity index is 2.87. The monoisotopic (exact) mass is 317 g/mol. The SMILES string of the molecule is CC1CCCC(CN)(N(C)S(=O)(=O)NCC(F)(F)F)C1. The second-order valence-corrected chi connectivity index (χ2v) is 7.33. The van der Waals surface area contributed by atoms with Gasteiger partial charge in [0.2, 0.25) is 0 Å². The van der Waals surface area contributed by atoms with Crippen molar-refractivity contribution < 1.29 is 21.6 Å². The summed E-state index contributed by atoms with van der Waals surface area (Å²) in [6, 6.07) is 0. The molecule has 0 bridgehead atoms. The smallest absolute Gasteiger partial charge is 0.329 e. The molecule has 1 fully saturated rings. The molecule has 0 aromatic heterocycles. The average molecular weight is 317 g/mol. The first-order chi connectivity index (χ1) is 9.02. The van der Waals surface area contributed by atoms with E-state index in [1.54, 1.807) is 4.72 Å². The van der Waals surface area contributed by atoms with Crippen molar-refractivity contribution in [2.24, 2.45) is 11.7 Å². The Hall–Kier alpha value is -0.380. The van der Waals surface area contributed by atoms with Crippen molar-refractivity contribution in [3.05, 3.63) is 0 Å². The molecule has 3 N–H and O–H groups in total. The zero-order valence-corrected chi connectivity index (χ0v) is 12.5.